The smallest absolute Gasteiger partial charge is 0.251 e. The first-order valence-corrected chi connectivity index (χ1v) is 8.45. The van der Waals surface area contributed by atoms with E-state index in [0.717, 1.165) is 5.56 Å². The second-order valence-electron chi connectivity index (χ2n) is 5.68. The van der Waals surface area contributed by atoms with Gasteiger partial charge in [-0.25, -0.2) is 14.4 Å². The summed E-state index contributed by atoms with van der Waals surface area (Å²) in [5.74, 6) is 0.996. The Morgan fingerprint density at radius 1 is 1.07 bits per heavy atom. The maximum absolute atomic E-state index is 13.0. The molecule has 0 unspecified atom stereocenters. The lowest BCUT2D eigenvalue weighted by Crippen LogP contribution is -2.23. The molecular weight excluding hydrogens is 347 g/mol. The number of nitrogens with one attached hydrogen (secondary N) is 3. The Morgan fingerprint density at radius 2 is 1.85 bits per heavy atom. The largest absolute Gasteiger partial charge is 0.366 e. The number of benzene rings is 1. The van der Waals surface area contributed by atoms with Gasteiger partial charge in [0.05, 0.1) is 6.20 Å². The van der Waals surface area contributed by atoms with Gasteiger partial charge < -0.3 is 16.0 Å². The summed E-state index contributed by atoms with van der Waals surface area (Å²) in [6.07, 6.45) is 4.69. The summed E-state index contributed by atoms with van der Waals surface area (Å²) in [4.78, 5) is 24.9. The summed E-state index contributed by atoms with van der Waals surface area (Å²) in [6, 6.07) is 9.48. The number of hydrogen-bond acceptors (Lipinski definition) is 6. The van der Waals surface area contributed by atoms with Crippen LogP contribution in [0, 0.1) is 5.82 Å². The predicted molar refractivity (Wildman–Crippen MR) is 101 cm³/mol. The van der Waals surface area contributed by atoms with Gasteiger partial charge in [-0.15, -0.1) is 0 Å². The molecule has 2 aromatic heterocycles. The standard InChI is InChI=1S/C19H19FN6O/c1-2-22-19(27)14-9-16(24-11-13-3-5-15(20)6-4-13)25-17(10-14)26-18-12-21-7-8-23-18/h3-10,12H,2,11H2,1H3,(H,22,27)(H2,23,24,25,26). The van der Waals surface area contributed by atoms with Crippen molar-refractivity contribution in [3.05, 3.63) is 71.9 Å². The first kappa shape index (κ1) is 18.2. The maximum atomic E-state index is 13.0. The van der Waals surface area contributed by atoms with Crippen LogP contribution in [0.3, 0.4) is 0 Å². The molecule has 0 fully saturated rings. The molecule has 138 valence electrons. The maximum Gasteiger partial charge on any atom is 0.251 e. The molecule has 0 bridgehead atoms. The van der Waals surface area contributed by atoms with Crippen molar-refractivity contribution in [2.45, 2.75) is 13.5 Å². The van der Waals surface area contributed by atoms with Crippen molar-refractivity contribution in [1.29, 1.82) is 0 Å². The first-order valence-electron chi connectivity index (χ1n) is 8.45. The van der Waals surface area contributed by atoms with Gasteiger partial charge in [0, 0.05) is 31.0 Å². The highest BCUT2D eigenvalue weighted by molar-refractivity contribution is 5.95. The molecule has 7 nitrogen and oxygen atoms in total. The molecule has 8 heteroatoms. The summed E-state index contributed by atoms with van der Waals surface area (Å²) in [5, 5.41) is 8.96. The Balaban J connectivity index is 1.82. The first-order chi connectivity index (χ1) is 13.1. The molecule has 1 aromatic carbocycles. The Morgan fingerprint density at radius 3 is 2.56 bits per heavy atom. The Kier molecular flexibility index (Phi) is 5.88. The van der Waals surface area contributed by atoms with Gasteiger partial charge in [-0.1, -0.05) is 12.1 Å². The van der Waals surface area contributed by atoms with E-state index in [1.54, 1.807) is 42.9 Å². The third-order valence-corrected chi connectivity index (χ3v) is 3.63. The molecule has 0 aliphatic heterocycles. The number of halogens is 1. The van der Waals surface area contributed by atoms with Gasteiger partial charge >= 0.3 is 0 Å². The highest BCUT2D eigenvalue weighted by Crippen LogP contribution is 2.18. The number of rotatable bonds is 7. The molecule has 27 heavy (non-hydrogen) atoms. The fourth-order valence-corrected chi connectivity index (χ4v) is 2.37. The second kappa shape index (κ2) is 8.70. The number of carbonyl (C=O) groups excluding carboxylic acids is 1. The zero-order chi connectivity index (χ0) is 19.1. The molecule has 3 rings (SSSR count). The lowest BCUT2D eigenvalue weighted by atomic mass is 10.2. The minimum atomic E-state index is -0.287. The minimum Gasteiger partial charge on any atom is -0.366 e. The van der Waals surface area contributed by atoms with Crippen LogP contribution in [-0.2, 0) is 6.54 Å². The Labute approximate surface area is 156 Å². The molecule has 0 saturated carbocycles. The van der Waals surface area contributed by atoms with E-state index in [9.17, 15) is 9.18 Å². The highest BCUT2D eigenvalue weighted by atomic mass is 19.1. The number of anilines is 3. The van der Waals surface area contributed by atoms with E-state index in [2.05, 4.69) is 30.9 Å². The van der Waals surface area contributed by atoms with Crippen LogP contribution in [-0.4, -0.2) is 27.4 Å². The van der Waals surface area contributed by atoms with Crippen LogP contribution in [0.2, 0.25) is 0 Å². The molecule has 0 radical (unpaired) electrons. The van der Waals surface area contributed by atoms with Crippen molar-refractivity contribution in [3.63, 3.8) is 0 Å². The fraction of sp³-hybridized carbons (Fsp3) is 0.158. The SMILES string of the molecule is CCNC(=O)c1cc(NCc2ccc(F)cc2)nc(Nc2cnccn2)c1. The average Bonchev–Trinajstić information content (AvgIpc) is 2.68. The normalized spacial score (nSPS) is 10.3. The summed E-state index contributed by atoms with van der Waals surface area (Å²) >= 11 is 0. The van der Waals surface area contributed by atoms with Crippen LogP contribution in [0.1, 0.15) is 22.8 Å². The van der Waals surface area contributed by atoms with E-state index in [-0.39, 0.29) is 11.7 Å². The summed E-state index contributed by atoms with van der Waals surface area (Å²) < 4.78 is 13.0. The Hall–Kier alpha value is -3.55. The molecule has 0 atom stereocenters. The zero-order valence-corrected chi connectivity index (χ0v) is 14.7. The lowest BCUT2D eigenvalue weighted by Gasteiger charge is -2.12. The van der Waals surface area contributed by atoms with Crippen LogP contribution in [0.5, 0.6) is 0 Å². The summed E-state index contributed by atoms with van der Waals surface area (Å²) in [6.45, 7) is 2.81. The van der Waals surface area contributed by atoms with Crippen molar-refractivity contribution in [2.75, 3.05) is 17.2 Å². The topological polar surface area (TPSA) is 91.8 Å². The molecule has 0 saturated heterocycles. The van der Waals surface area contributed by atoms with Crippen LogP contribution >= 0.6 is 0 Å². The van der Waals surface area contributed by atoms with E-state index in [0.29, 0.717) is 36.1 Å². The van der Waals surface area contributed by atoms with E-state index < -0.39 is 0 Å². The molecule has 2 heterocycles. The fourth-order valence-electron chi connectivity index (χ4n) is 2.37. The van der Waals surface area contributed by atoms with Crippen molar-refractivity contribution >= 4 is 23.4 Å². The second-order valence-corrected chi connectivity index (χ2v) is 5.68. The van der Waals surface area contributed by atoms with Gasteiger partial charge in [-0.3, -0.25) is 9.78 Å². The van der Waals surface area contributed by atoms with Crippen molar-refractivity contribution < 1.29 is 9.18 Å². The molecular formula is C19H19FN6O. The summed E-state index contributed by atoms with van der Waals surface area (Å²) in [7, 11) is 0. The quantitative estimate of drug-likeness (QED) is 0.595. The van der Waals surface area contributed by atoms with E-state index in [4.69, 9.17) is 0 Å². The highest BCUT2D eigenvalue weighted by Gasteiger charge is 2.10. The molecule has 3 N–H and O–H groups in total. The van der Waals surface area contributed by atoms with E-state index in [1.807, 2.05) is 6.92 Å². The number of pyridine rings is 1. The number of amides is 1. The minimum absolute atomic E-state index is 0.202. The lowest BCUT2D eigenvalue weighted by molar-refractivity contribution is 0.0956. The number of aromatic nitrogens is 3. The molecule has 1 amide bonds. The third-order valence-electron chi connectivity index (χ3n) is 3.63. The molecule has 0 aliphatic rings. The van der Waals surface area contributed by atoms with Crippen molar-refractivity contribution in [2.24, 2.45) is 0 Å². The van der Waals surface area contributed by atoms with Crippen LogP contribution in [0.4, 0.5) is 21.8 Å². The van der Waals surface area contributed by atoms with Gasteiger partial charge in [0.15, 0.2) is 0 Å². The molecule has 0 spiro atoms. The summed E-state index contributed by atoms with van der Waals surface area (Å²) in [5.41, 5.74) is 1.35. The van der Waals surface area contributed by atoms with Crippen LogP contribution in [0.25, 0.3) is 0 Å². The Bertz CT molecular complexity index is 902. The van der Waals surface area contributed by atoms with Gasteiger partial charge in [-0.2, -0.15) is 0 Å². The zero-order valence-electron chi connectivity index (χ0n) is 14.7. The molecule has 0 aliphatic carbocycles. The van der Waals surface area contributed by atoms with E-state index >= 15 is 0 Å². The number of hydrogen-bond donors (Lipinski definition) is 3. The molecule has 3 aromatic rings. The number of carbonyl (C=O) groups is 1. The predicted octanol–water partition coefficient (Wildman–Crippen LogP) is 3.12. The average molecular weight is 366 g/mol. The van der Waals surface area contributed by atoms with Crippen molar-refractivity contribution in [3.8, 4) is 0 Å². The monoisotopic (exact) mass is 366 g/mol. The van der Waals surface area contributed by atoms with Crippen LogP contribution in [0.15, 0.2) is 55.0 Å². The van der Waals surface area contributed by atoms with Gasteiger partial charge in [0.1, 0.15) is 23.3 Å². The van der Waals surface area contributed by atoms with E-state index in [1.165, 1.54) is 12.1 Å². The van der Waals surface area contributed by atoms with Gasteiger partial charge in [-0.05, 0) is 36.8 Å². The van der Waals surface area contributed by atoms with Gasteiger partial charge in [0.25, 0.3) is 5.91 Å². The number of nitrogens with zero attached hydrogens (tertiary/aromatic N) is 3. The van der Waals surface area contributed by atoms with Crippen LogP contribution < -0.4 is 16.0 Å². The van der Waals surface area contributed by atoms with Gasteiger partial charge in [0.2, 0.25) is 0 Å². The third kappa shape index (κ3) is 5.21. The van der Waals surface area contributed by atoms with Crippen molar-refractivity contribution in [1.82, 2.24) is 20.3 Å².